The molecule has 208 valence electrons. The first kappa shape index (κ1) is 27.9. The molecule has 0 unspecified atom stereocenters. The topological polar surface area (TPSA) is 42.8 Å². The van der Waals surface area contributed by atoms with E-state index in [1.807, 2.05) is 24.4 Å². The molecule has 0 aromatic heterocycles. The molecule has 4 aromatic rings. The van der Waals surface area contributed by atoms with Crippen LogP contribution >= 0.6 is 39.1 Å². The van der Waals surface area contributed by atoms with Crippen molar-refractivity contribution in [1.82, 2.24) is 0 Å². The third-order valence-electron chi connectivity index (χ3n) is 7.77. The van der Waals surface area contributed by atoms with Crippen LogP contribution in [0, 0.1) is 12.8 Å². The van der Waals surface area contributed by atoms with Crippen LogP contribution in [0.15, 0.2) is 94.4 Å². The number of anilines is 1. The smallest absolute Gasteiger partial charge is 0.175 e. The maximum absolute atomic E-state index is 6.31. The molecule has 0 spiro atoms. The van der Waals surface area contributed by atoms with E-state index in [1.54, 1.807) is 19.2 Å². The fourth-order valence-corrected chi connectivity index (χ4v) is 6.74. The predicted molar refractivity (Wildman–Crippen MR) is 173 cm³/mol. The Balaban J connectivity index is 1.17. The second-order valence-electron chi connectivity index (χ2n) is 10.5. The normalized spacial score (nSPS) is 19.1. The number of hydrogen-bond donors (Lipinski definition) is 1. The van der Waals surface area contributed by atoms with Crippen molar-refractivity contribution in [3.05, 3.63) is 127 Å². The number of hydrogen-bond acceptors (Lipinski definition) is 4. The first-order valence-corrected chi connectivity index (χ1v) is 15.1. The van der Waals surface area contributed by atoms with Crippen LogP contribution in [0.3, 0.4) is 0 Å². The van der Waals surface area contributed by atoms with Gasteiger partial charge in [0, 0.05) is 33.4 Å². The van der Waals surface area contributed by atoms with Crippen LogP contribution in [0.2, 0.25) is 10.0 Å². The third kappa shape index (κ3) is 5.90. The Morgan fingerprint density at radius 1 is 1.02 bits per heavy atom. The summed E-state index contributed by atoms with van der Waals surface area (Å²) in [6.07, 6.45) is 7.62. The molecule has 1 aliphatic carbocycles. The average Bonchev–Trinajstić information content (AvgIpc) is 3.47. The van der Waals surface area contributed by atoms with Gasteiger partial charge in [-0.2, -0.15) is 0 Å². The van der Waals surface area contributed by atoms with Crippen molar-refractivity contribution in [2.24, 2.45) is 10.9 Å². The molecule has 0 bridgehead atoms. The number of rotatable bonds is 7. The Labute approximate surface area is 259 Å². The second-order valence-corrected chi connectivity index (χ2v) is 12.2. The number of ether oxygens (including phenoxy) is 2. The molecule has 0 saturated heterocycles. The molecule has 0 radical (unpaired) electrons. The van der Waals surface area contributed by atoms with E-state index in [-0.39, 0.29) is 12.6 Å². The lowest BCUT2D eigenvalue weighted by molar-refractivity contribution is 0.282. The van der Waals surface area contributed by atoms with Gasteiger partial charge in [0.15, 0.2) is 11.5 Å². The minimum atomic E-state index is 0.263. The number of aryl methyl sites for hydroxylation is 1. The summed E-state index contributed by atoms with van der Waals surface area (Å²) in [6, 6.07) is 24.7. The van der Waals surface area contributed by atoms with Crippen molar-refractivity contribution in [3.8, 4) is 11.5 Å². The van der Waals surface area contributed by atoms with Crippen molar-refractivity contribution >= 4 is 56.7 Å². The fourth-order valence-electron chi connectivity index (χ4n) is 5.70. The highest BCUT2D eigenvalue weighted by Crippen LogP contribution is 2.50. The molecule has 1 aliphatic heterocycles. The minimum Gasteiger partial charge on any atom is -0.493 e. The van der Waals surface area contributed by atoms with Crippen LogP contribution in [-0.4, -0.2) is 13.3 Å². The standard InChI is InChI=1S/C34H29BrCl2N2O2/c1-20-6-13-31-28(14-20)26-4-3-5-27(26)33(39-31)22-8-11-25(12-9-22)38-18-21-15-29(35)34(32(16-21)40-2)41-19-23-7-10-24(36)17-30(23)37/h3-4,6-18,26-27,33,39H,5,19H2,1-2H3/t26-,27-,33-/m0/s1. The summed E-state index contributed by atoms with van der Waals surface area (Å²) in [6.45, 7) is 2.44. The Morgan fingerprint density at radius 2 is 1.85 bits per heavy atom. The van der Waals surface area contributed by atoms with E-state index in [2.05, 4.69) is 82.8 Å². The highest BCUT2D eigenvalue weighted by atomic mass is 79.9. The van der Waals surface area contributed by atoms with Crippen LogP contribution in [0.25, 0.3) is 0 Å². The number of allylic oxidation sites excluding steroid dienone is 2. The summed E-state index contributed by atoms with van der Waals surface area (Å²) in [7, 11) is 1.62. The van der Waals surface area contributed by atoms with Crippen LogP contribution in [0.1, 0.15) is 46.2 Å². The molecule has 0 fully saturated rings. The van der Waals surface area contributed by atoms with Crippen molar-refractivity contribution in [1.29, 1.82) is 0 Å². The minimum absolute atomic E-state index is 0.263. The highest BCUT2D eigenvalue weighted by molar-refractivity contribution is 9.10. The summed E-state index contributed by atoms with van der Waals surface area (Å²) in [5.41, 5.74) is 7.83. The molecular weight excluding hydrogens is 619 g/mol. The zero-order valence-electron chi connectivity index (χ0n) is 22.7. The van der Waals surface area contributed by atoms with Gasteiger partial charge in [-0.1, -0.05) is 71.2 Å². The van der Waals surface area contributed by atoms with E-state index >= 15 is 0 Å². The van der Waals surface area contributed by atoms with E-state index in [9.17, 15) is 0 Å². The molecule has 4 nitrogen and oxygen atoms in total. The third-order valence-corrected chi connectivity index (χ3v) is 8.95. The van der Waals surface area contributed by atoms with Crippen LogP contribution in [0.4, 0.5) is 11.4 Å². The van der Waals surface area contributed by atoms with Crippen LogP contribution in [-0.2, 0) is 6.61 Å². The van der Waals surface area contributed by atoms with Crippen molar-refractivity contribution in [3.63, 3.8) is 0 Å². The van der Waals surface area contributed by atoms with Crippen molar-refractivity contribution in [2.75, 3.05) is 12.4 Å². The van der Waals surface area contributed by atoms with Gasteiger partial charge < -0.3 is 14.8 Å². The number of methoxy groups -OCH3 is 1. The van der Waals surface area contributed by atoms with Gasteiger partial charge in [-0.05, 0) is 94.3 Å². The van der Waals surface area contributed by atoms with Crippen LogP contribution < -0.4 is 14.8 Å². The molecule has 7 heteroatoms. The SMILES string of the molecule is COc1cc(C=Nc2ccc([C@@H]3Nc4ccc(C)cc4[C@H]4C=CC[C@@H]43)cc2)cc(Br)c1OCc1ccc(Cl)cc1Cl. The zero-order valence-corrected chi connectivity index (χ0v) is 25.8. The predicted octanol–water partition coefficient (Wildman–Crippen LogP) is 10.2. The monoisotopic (exact) mass is 646 g/mol. The van der Waals surface area contributed by atoms with Gasteiger partial charge >= 0.3 is 0 Å². The first-order chi connectivity index (χ1) is 19.9. The highest BCUT2D eigenvalue weighted by Gasteiger charge is 2.37. The first-order valence-electron chi connectivity index (χ1n) is 13.5. The number of fused-ring (bicyclic) bond motifs is 3. The molecule has 0 amide bonds. The Kier molecular flexibility index (Phi) is 8.12. The fraction of sp³-hybridized carbons (Fsp3) is 0.206. The van der Waals surface area contributed by atoms with Gasteiger partial charge in [0.05, 0.1) is 23.3 Å². The number of nitrogens with one attached hydrogen (secondary N) is 1. The zero-order chi connectivity index (χ0) is 28.5. The molecule has 2 aliphatic rings. The second kappa shape index (κ2) is 11.9. The number of nitrogens with zero attached hydrogens (tertiary/aromatic N) is 1. The summed E-state index contributed by atoms with van der Waals surface area (Å²) in [5.74, 6) is 2.16. The van der Waals surface area contributed by atoms with E-state index < -0.39 is 0 Å². The molecule has 4 aromatic carbocycles. The van der Waals surface area contributed by atoms with Gasteiger partial charge in [0.2, 0.25) is 0 Å². The van der Waals surface area contributed by atoms with Gasteiger partial charge in [-0.15, -0.1) is 0 Å². The Hall–Kier alpha value is -3.25. The van der Waals surface area contributed by atoms with Crippen molar-refractivity contribution < 1.29 is 9.47 Å². The number of benzene rings is 4. The molecule has 1 N–H and O–H groups in total. The Morgan fingerprint density at radius 3 is 2.63 bits per heavy atom. The number of halogens is 3. The molecule has 6 rings (SSSR count). The van der Waals surface area contributed by atoms with Gasteiger partial charge in [-0.3, -0.25) is 4.99 Å². The summed E-state index contributed by atoms with van der Waals surface area (Å²) in [4.78, 5) is 4.73. The molecule has 3 atom stereocenters. The van der Waals surface area contributed by atoms with Gasteiger partial charge in [0.1, 0.15) is 6.61 Å². The van der Waals surface area contributed by atoms with Crippen LogP contribution in [0.5, 0.6) is 11.5 Å². The largest absolute Gasteiger partial charge is 0.493 e. The van der Waals surface area contributed by atoms with E-state index in [0.717, 1.165) is 27.7 Å². The lowest BCUT2D eigenvalue weighted by atomic mass is 9.76. The van der Waals surface area contributed by atoms with E-state index in [1.165, 1.54) is 22.4 Å². The molecule has 41 heavy (non-hydrogen) atoms. The Bertz CT molecular complexity index is 1650. The van der Waals surface area contributed by atoms with Gasteiger partial charge in [0.25, 0.3) is 0 Å². The summed E-state index contributed by atoms with van der Waals surface area (Å²) < 4.78 is 12.4. The lowest BCUT2D eigenvalue weighted by Crippen LogP contribution is -2.29. The number of aliphatic imine (C=N–C) groups is 1. The summed E-state index contributed by atoms with van der Waals surface area (Å²) >= 11 is 15.9. The summed E-state index contributed by atoms with van der Waals surface area (Å²) in [5, 5.41) is 4.96. The molecular formula is C34H29BrCl2N2O2. The molecule has 0 saturated carbocycles. The quantitative estimate of drug-likeness (QED) is 0.160. The van der Waals surface area contributed by atoms with E-state index in [4.69, 9.17) is 37.7 Å². The van der Waals surface area contributed by atoms with Crippen molar-refractivity contribution in [2.45, 2.75) is 31.9 Å². The van der Waals surface area contributed by atoms with Gasteiger partial charge in [-0.25, -0.2) is 0 Å². The maximum atomic E-state index is 6.31. The average molecular weight is 648 g/mol. The maximum Gasteiger partial charge on any atom is 0.175 e. The lowest BCUT2D eigenvalue weighted by Gasteiger charge is -2.37. The van der Waals surface area contributed by atoms with E-state index in [0.29, 0.717) is 33.4 Å². The molecule has 1 heterocycles.